The highest BCUT2D eigenvalue weighted by Crippen LogP contribution is 2.18. The first-order valence-corrected chi connectivity index (χ1v) is 12.1. The molecule has 0 bridgehead atoms. The molecule has 0 radical (unpaired) electrons. The lowest BCUT2D eigenvalue weighted by Crippen LogP contribution is -2.50. The predicted molar refractivity (Wildman–Crippen MR) is 136 cm³/mol. The number of carbonyl (C=O) groups excluding carboxylic acids is 2. The first kappa shape index (κ1) is 26.2. The molecule has 0 saturated carbocycles. The summed E-state index contributed by atoms with van der Waals surface area (Å²) in [7, 11) is 0. The largest absolute Gasteiger partial charge is 0.494 e. The average Bonchev–Trinajstić information content (AvgIpc) is 2.87. The monoisotopic (exact) mass is 496 g/mol. The van der Waals surface area contributed by atoms with Crippen LogP contribution in [0.15, 0.2) is 78.9 Å². The number of benzene rings is 3. The van der Waals surface area contributed by atoms with E-state index in [-0.39, 0.29) is 30.6 Å². The van der Waals surface area contributed by atoms with E-state index in [1.54, 1.807) is 41.3 Å². The molecule has 2 amide bonds. The van der Waals surface area contributed by atoms with E-state index in [9.17, 15) is 14.0 Å². The van der Waals surface area contributed by atoms with Gasteiger partial charge in [-0.15, -0.1) is 0 Å². The van der Waals surface area contributed by atoms with Crippen LogP contribution in [0.4, 0.5) is 4.39 Å². The molecular weight excluding hydrogens is 467 g/mol. The van der Waals surface area contributed by atoms with E-state index in [0.29, 0.717) is 36.8 Å². The van der Waals surface area contributed by atoms with E-state index in [4.69, 9.17) is 16.3 Å². The van der Waals surface area contributed by atoms with Crippen LogP contribution in [0.3, 0.4) is 0 Å². The summed E-state index contributed by atoms with van der Waals surface area (Å²) in [4.78, 5) is 28.1. The van der Waals surface area contributed by atoms with Crippen molar-refractivity contribution in [1.82, 2.24) is 10.2 Å². The van der Waals surface area contributed by atoms with Gasteiger partial charge >= 0.3 is 0 Å². The summed E-state index contributed by atoms with van der Waals surface area (Å²) in [6.07, 6.45) is 1.06. The Labute approximate surface area is 210 Å². The minimum Gasteiger partial charge on any atom is -0.494 e. The molecular formula is C28H30ClFN2O3. The second-order valence-electron chi connectivity index (χ2n) is 8.15. The summed E-state index contributed by atoms with van der Waals surface area (Å²) in [6.45, 7) is 2.85. The molecule has 0 aliphatic heterocycles. The highest BCUT2D eigenvalue weighted by atomic mass is 35.5. The zero-order valence-corrected chi connectivity index (χ0v) is 20.5. The van der Waals surface area contributed by atoms with Gasteiger partial charge in [-0.1, -0.05) is 54.1 Å². The van der Waals surface area contributed by atoms with Crippen molar-refractivity contribution < 1.29 is 18.7 Å². The summed E-state index contributed by atoms with van der Waals surface area (Å²) >= 11 is 5.90. The summed E-state index contributed by atoms with van der Waals surface area (Å²) in [5, 5.41) is 3.48. The number of hydrogen-bond donors (Lipinski definition) is 1. The van der Waals surface area contributed by atoms with Gasteiger partial charge in [-0.05, 0) is 60.9 Å². The number of nitrogens with zero attached hydrogens (tertiary/aromatic N) is 1. The molecule has 3 aromatic rings. The molecule has 0 spiro atoms. The van der Waals surface area contributed by atoms with Gasteiger partial charge < -0.3 is 15.0 Å². The Morgan fingerprint density at radius 2 is 1.66 bits per heavy atom. The van der Waals surface area contributed by atoms with Crippen molar-refractivity contribution in [3.05, 3.63) is 101 Å². The van der Waals surface area contributed by atoms with Crippen LogP contribution in [0.2, 0.25) is 5.02 Å². The Balaban J connectivity index is 1.75. The van der Waals surface area contributed by atoms with E-state index >= 15 is 0 Å². The number of hydrogen-bond acceptors (Lipinski definition) is 3. The lowest BCUT2D eigenvalue weighted by Gasteiger charge is -2.31. The fraction of sp³-hybridized carbons (Fsp3) is 0.286. The van der Waals surface area contributed by atoms with Crippen molar-refractivity contribution in [2.45, 2.75) is 38.8 Å². The van der Waals surface area contributed by atoms with Crippen molar-refractivity contribution in [2.24, 2.45) is 0 Å². The SMILES string of the molecule is CCNC(=O)C(Cc1ccccc1)N(Cc1ccc(F)cc1)C(=O)CCCOc1ccc(Cl)cc1. The number of rotatable bonds is 12. The van der Waals surface area contributed by atoms with Crippen LogP contribution in [0.1, 0.15) is 30.9 Å². The van der Waals surface area contributed by atoms with Gasteiger partial charge in [0.2, 0.25) is 11.8 Å². The molecule has 5 nitrogen and oxygen atoms in total. The van der Waals surface area contributed by atoms with Crippen LogP contribution in [0, 0.1) is 5.82 Å². The van der Waals surface area contributed by atoms with Gasteiger partial charge in [0.1, 0.15) is 17.6 Å². The molecule has 35 heavy (non-hydrogen) atoms. The zero-order valence-electron chi connectivity index (χ0n) is 19.8. The molecule has 3 aromatic carbocycles. The molecule has 1 N–H and O–H groups in total. The van der Waals surface area contributed by atoms with Crippen molar-refractivity contribution in [2.75, 3.05) is 13.2 Å². The Bertz CT molecular complexity index is 1080. The Kier molecular flexibility index (Phi) is 10.1. The van der Waals surface area contributed by atoms with Gasteiger partial charge in [-0.2, -0.15) is 0 Å². The number of carbonyl (C=O) groups is 2. The predicted octanol–water partition coefficient (Wildman–Crippen LogP) is 5.41. The second kappa shape index (κ2) is 13.5. The third-order valence-electron chi connectivity index (χ3n) is 5.51. The van der Waals surface area contributed by atoms with E-state index in [1.165, 1.54) is 12.1 Å². The van der Waals surface area contributed by atoms with Gasteiger partial charge in [0.15, 0.2) is 0 Å². The number of ether oxygens (including phenoxy) is 1. The van der Waals surface area contributed by atoms with E-state index < -0.39 is 6.04 Å². The van der Waals surface area contributed by atoms with Gasteiger partial charge in [0.05, 0.1) is 6.61 Å². The van der Waals surface area contributed by atoms with Gasteiger partial charge in [0.25, 0.3) is 0 Å². The van der Waals surface area contributed by atoms with Crippen LogP contribution in [-0.2, 0) is 22.6 Å². The maximum atomic E-state index is 13.5. The maximum absolute atomic E-state index is 13.5. The molecule has 184 valence electrons. The molecule has 0 heterocycles. The van der Waals surface area contributed by atoms with Crippen LogP contribution >= 0.6 is 11.6 Å². The molecule has 0 saturated heterocycles. The summed E-state index contributed by atoms with van der Waals surface area (Å²) in [5.74, 6) is -0.0599. The third kappa shape index (κ3) is 8.41. The minimum absolute atomic E-state index is 0.166. The zero-order chi connectivity index (χ0) is 25.0. The summed E-state index contributed by atoms with van der Waals surface area (Å²) in [6, 6.07) is 21.9. The first-order chi connectivity index (χ1) is 17.0. The Morgan fingerprint density at radius 1 is 0.971 bits per heavy atom. The highest BCUT2D eigenvalue weighted by Gasteiger charge is 2.29. The van der Waals surface area contributed by atoms with Crippen molar-refractivity contribution >= 4 is 23.4 Å². The quantitative estimate of drug-likeness (QED) is 0.341. The Hall–Kier alpha value is -3.38. The smallest absolute Gasteiger partial charge is 0.243 e. The van der Waals surface area contributed by atoms with Gasteiger partial charge in [0, 0.05) is 31.0 Å². The number of nitrogens with one attached hydrogen (secondary N) is 1. The molecule has 1 atom stereocenters. The van der Waals surface area contributed by atoms with E-state index in [1.807, 2.05) is 37.3 Å². The standard InChI is InChI=1S/C28H30ClFN2O3/c1-2-31-28(34)26(19-21-7-4-3-5-8-21)32(20-22-10-14-24(30)15-11-22)27(33)9-6-18-35-25-16-12-23(29)13-17-25/h3-5,7-8,10-17,26H,2,6,9,18-20H2,1H3,(H,31,34). The van der Waals surface area contributed by atoms with Crippen LogP contribution in [0.25, 0.3) is 0 Å². The maximum Gasteiger partial charge on any atom is 0.243 e. The van der Waals surface area contributed by atoms with E-state index in [0.717, 1.165) is 11.1 Å². The molecule has 0 fully saturated rings. The van der Waals surface area contributed by atoms with Crippen LogP contribution in [-0.4, -0.2) is 35.9 Å². The molecule has 3 rings (SSSR count). The number of amides is 2. The summed E-state index contributed by atoms with van der Waals surface area (Å²) in [5.41, 5.74) is 1.70. The minimum atomic E-state index is -0.702. The number of halogens is 2. The van der Waals surface area contributed by atoms with Crippen LogP contribution < -0.4 is 10.1 Å². The van der Waals surface area contributed by atoms with Gasteiger partial charge in [-0.25, -0.2) is 4.39 Å². The topological polar surface area (TPSA) is 58.6 Å². The normalized spacial score (nSPS) is 11.5. The fourth-order valence-electron chi connectivity index (χ4n) is 3.72. The molecule has 7 heteroatoms. The third-order valence-corrected chi connectivity index (χ3v) is 5.76. The van der Waals surface area contributed by atoms with Crippen molar-refractivity contribution in [1.29, 1.82) is 0 Å². The molecule has 0 aromatic heterocycles. The lowest BCUT2D eigenvalue weighted by molar-refractivity contribution is -0.141. The van der Waals surface area contributed by atoms with Crippen molar-refractivity contribution in [3.8, 4) is 5.75 Å². The molecule has 0 aliphatic carbocycles. The average molecular weight is 497 g/mol. The van der Waals surface area contributed by atoms with Gasteiger partial charge in [-0.3, -0.25) is 9.59 Å². The Morgan fingerprint density at radius 3 is 2.31 bits per heavy atom. The lowest BCUT2D eigenvalue weighted by atomic mass is 10.0. The first-order valence-electron chi connectivity index (χ1n) is 11.7. The highest BCUT2D eigenvalue weighted by molar-refractivity contribution is 6.30. The fourth-order valence-corrected chi connectivity index (χ4v) is 3.85. The molecule has 0 aliphatic rings. The van der Waals surface area contributed by atoms with Crippen LogP contribution in [0.5, 0.6) is 5.75 Å². The molecule has 1 unspecified atom stereocenters. The summed E-state index contributed by atoms with van der Waals surface area (Å²) < 4.78 is 19.2. The van der Waals surface area contributed by atoms with E-state index in [2.05, 4.69) is 5.32 Å². The number of likely N-dealkylation sites (N-methyl/N-ethyl adjacent to an activating group) is 1. The second-order valence-corrected chi connectivity index (χ2v) is 8.59. The van der Waals surface area contributed by atoms with Crippen molar-refractivity contribution in [3.63, 3.8) is 0 Å².